The maximum Gasteiger partial charge on any atom is 0.244 e. The van der Waals surface area contributed by atoms with Gasteiger partial charge in [-0.2, -0.15) is 0 Å². The average molecular weight is 306 g/mol. The first-order valence-electron chi connectivity index (χ1n) is 6.92. The van der Waals surface area contributed by atoms with Crippen molar-refractivity contribution in [3.05, 3.63) is 53.3 Å². The van der Waals surface area contributed by atoms with Gasteiger partial charge in [0.25, 0.3) is 0 Å². The Hall–Kier alpha value is -1.78. The Morgan fingerprint density at radius 3 is 2.57 bits per heavy atom. The second-order valence-electron chi connectivity index (χ2n) is 5.44. The molecule has 1 unspecified atom stereocenters. The summed E-state index contributed by atoms with van der Waals surface area (Å²) in [6.45, 7) is 4.41. The Morgan fingerprint density at radius 2 is 1.95 bits per heavy atom. The third-order valence-corrected chi connectivity index (χ3v) is 3.58. The van der Waals surface area contributed by atoms with Crippen LogP contribution in [-0.2, 0) is 11.3 Å². The second kappa shape index (κ2) is 6.78. The first-order chi connectivity index (χ1) is 9.95. The van der Waals surface area contributed by atoms with E-state index in [-0.39, 0.29) is 18.5 Å². The van der Waals surface area contributed by atoms with Gasteiger partial charge in [-0.1, -0.05) is 25.4 Å². The molecular weight excluding hydrogens is 286 g/mol. The van der Waals surface area contributed by atoms with Gasteiger partial charge in [0, 0.05) is 29.1 Å². The molecule has 1 aromatic carbocycles. The minimum atomic E-state index is -0.0856. The van der Waals surface area contributed by atoms with Crippen LogP contribution in [0.4, 0.5) is 5.69 Å². The van der Waals surface area contributed by atoms with Crippen LogP contribution in [0.1, 0.15) is 25.5 Å². The van der Waals surface area contributed by atoms with Crippen molar-refractivity contribution in [2.75, 3.05) is 5.32 Å². The molecule has 0 spiro atoms. The Labute approximate surface area is 129 Å². The maximum atomic E-state index is 12.0. The van der Waals surface area contributed by atoms with Gasteiger partial charge in [-0.05, 0) is 41.8 Å². The van der Waals surface area contributed by atoms with E-state index in [1.807, 2.05) is 23.0 Å². The van der Waals surface area contributed by atoms with Crippen LogP contribution in [-0.4, -0.2) is 10.5 Å². The monoisotopic (exact) mass is 305 g/mol. The molecule has 1 aromatic heterocycles. The van der Waals surface area contributed by atoms with Crippen molar-refractivity contribution in [1.82, 2.24) is 4.57 Å². The van der Waals surface area contributed by atoms with Crippen molar-refractivity contribution < 1.29 is 4.79 Å². The van der Waals surface area contributed by atoms with E-state index in [0.717, 1.165) is 11.3 Å². The van der Waals surface area contributed by atoms with Gasteiger partial charge in [0.1, 0.15) is 6.54 Å². The first-order valence-corrected chi connectivity index (χ1v) is 7.30. The fourth-order valence-electron chi connectivity index (χ4n) is 2.04. The van der Waals surface area contributed by atoms with Gasteiger partial charge >= 0.3 is 0 Å². The lowest BCUT2D eigenvalue weighted by Gasteiger charge is -2.13. The van der Waals surface area contributed by atoms with Crippen LogP contribution < -0.4 is 11.1 Å². The van der Waals surface area contributed by atoms with E-state index in [2.05, 4.69) is 19.2 Å². The van der Waals surface area contributed by atoms with E-state index >= 15 is 0 Å². The number of hydrogen-bond acceptors (Lipinski definition) is 2. The number of halogens is 1. The van der Waals surface area contributed by atoms with Crippen LogP contribution in [0.3, 0.4) is 0 Å². The molecule has 0 saturated heterocycles. The van der Waals surface area contributed by atoms with Crippen LogP contribution in [0.5, 0.6) is 0 Å². The van der Waals surface area contributed by atoms with E-state index in [9.17, 15) is 4.79 Å². The van der Waals surface area contributed by atoms with Crippen LogP contribution >= 0.6 is 11.6 Å². The predicted octanol–water partition coefficient (Wildman–Crippen LogP) is 3.44. The van der Waals surface area contributed by atoms with Crippen molar-refractivity contribution in [1.29, 1.82) is 0 Å². The van der Waals surface area contributed by atoms with Gasteiger partial charge in [-0.15, -0.1) is 0 Å². The number of rotatable bonds is 5. The summed E-state index contributed by atoms with van der Waals surface area (Å²) in [5, 5.41) is 3.47. The standard InChI is InChI=1S/C16H20ClN3O/c1-11(2)16(18)12-7-8-20(9-12)10-15(21)19-14-5-3-13(17)4-6-14/h3-9,11,16H,10,18H2,1-2H3,(H,19,21). The lowest BCUT2D eigenvalue weighted by molar-refractivity contribution is -0.116. The molecule has 0 fully saturated rings. The van der Waals surface area contributed by atoms with Gasteiger partial charge in [0.15, 0.2) is 0 Å². The largest absolute Gasteiger partial charge is 0.345 e. The van der Waals surface area contributed by atoms with E-state index < -0.39 is 0 Å². The van der Waals surface area contributed by atoms with Gasteiger partial charge in [0.2, 0.25) is 5.91 Å². The van der Waals surface area contributed by atoms with Crippen molar-refractivity contribution >= 4 is 23.2 Å². The average Bonchev–Trinajstić information content (AvgIpc) is 2.88. The second-order valence-corrected chi connectivity index (χ2v) is 5.88. The fourth-order valence-corrected chi connectivity index (χ4v) is 2.17. The van der Waals surface area contributed by atoms with Crippen molar-refractivity contribution in [2.45, 2.75) is 26.4 Å². The zero-order valence-electron chi connectivity index (χ0n) is 12.2. The summed E-state index contributed by atoms with van der Waals surface area (Å²) in [7, 11) is 0. The summed E-state index contributed by atoms with van der Waals surface area (Å²) >= 11 is 5.81. The minimum absolute atomic E-state index is 0.00873. The quantitative estimate of drug-likeness (QED) is 0.889. The number of hydrogen-bond donors (Lipinski definition) is 2. The van der Waals surface area contributed by atoms with Crippen molar-refractivity contribution in [3.63, 3.8) is 0 Å². The maximum absolute atomic E-state index is 12.0. The summed E-state index contributed by atoms with van der Waals surface area (Å²) in [6, 6.07) is 8.98. The van der Waals surface area contributed by atoms with Gasteiger partial charge in [0.05, 0.1) is 0 Å². The van der Waals surface area contributed by atoms with E-state index in [4.69, 9.17) is 17.3 Å². The lowest BCUT2D eigenvalue weighted by atomic mass is 10.00. The number of carbonyl (C=O) groups excluding carboxylic acids is 1. The molecule has 1 atom stereocenters. The Morgan fingerprint density at radius 1 is 1.29 bits per heavy atom. The number of nitrogens with two attached hydrogens (primary N) is 1. The number of aromatic nitrogens is 1. The highest BCUT2D eigenvalue weighted by molar-refractivity contribution is 6.30. The number of anilines is 1. The van der Waals surface area contributed by atoms with Crippen LogP contribution in [0.2, 0.25) is 5.02 Å². The molecule has 112 valence electrons. The summed E-state index contributed by atoms with van der Waals surface area (Å²) in [6.07, 6.45) is 3.80. The molecular formula is C16H20ClN3O. The third kappa shape index (κ3) is 4.34. The van der Waals surface area contributed by atoms with Crippen LogP contribution in [0, 0.1) is 5.92 Å². The molecule has 0 aliphatic rings. The topological polar surface area (TPSA) is 60.0 Å². The highest BCUT2D eigenvalue weighted by Gasteiger charge is 2.12. The molecule has 0 bridgehead atoms. The molecule has 0 saturated carbocycles. The highest BCUT2D eigenvalue weighted by Crippen LogP contribution is 2.19. The van der Waals surface area contributed by atoms with Gasteiger partial charge in [-0.25, -0.2) is 0 Å². The highest BCUT2D eigenvalue weighted by atomic mass is 35.5. The number of nitrogens with zero attached hydrogens (tertiary/aromatic N) is 1. The zero-order valence-corrected chi connectivity index (χ0v) is 13.0. The van der Waals surface area contributed by atoms with Crippen LogP contribution in [0.15, 0.2) is 42.7 Å². The Balaban J connectivity index is 1.95. The molecule has 2 aromatic rings. The molecule has 3 N–H and O–H groups in total. The summed E-state index contributed by atoms with van der Waals surface area (Å²) < 4.78 is 1.84. The summed E-state index contributed by atoms with van der Waals surface area (Å²) in [5.41, 5.74) is 7.87. The molecule has 0 aliphatic heterocycles. The van der Waals surface area contributed by atoms with Gasteiger partial charge in [-0.3, -0.25) is 4.79 Å². The van der Waals surface area contributed by atoms with Crippen molar-refractivity contribution in [3.8, 4) is 0 Å². The molecule has 0 aliphatic carbocycles. The predicted molar refractivity (Wildman–Crippen MR) is 86.3 cm³/mol. The molecule has 0 radical (unpaired) electrons. The molecule has 1 heterocycles. The third-order valence-electron chi connectivity index (χ3n) is 3.33. The molecule has 1 amide bonds. The van der Waals surface area contributed by atoms with Crippen molar-refractivity contribution in [2.24, 2.45) is 11.7 Å². The fraction of sp³-hybridized carbons (Fsp3) is 0.312. The normalized spacial score (nSPS) is 12.4. The SMILES string of the molecule is CC(C)C(N)c1ccn(CC(=O)Nc2ccc(Cl)cc2)c1. The molecule has 5 heteroatoms. The molecule has 2 rings (SSSR count). The minimum Gasteiger partial charge on any atom is -0.345 e. The summed E-state index contributed by atoms with van der Waals surface area (Å²) in [5.74, 6) is 0.279. The smallest absolute Gasteiger partial charge is 0.244 e. The first kappa shape index (κ1) is 15.6. The number of amides is 1. The zero-order chi connectivity index (χ0) is 15.4. The number of nitrogens with one attached hydrogen (secondary N) is 1. The van der Waals surface area contributed by atoms with Gasteiger partial charge < -0.3 is 15.6 Å². The summed E-state index contributed by atoms with van der Waals surface area (Å²) in [4.78, 5) is 12.0. The van der Waals surface area contributed by atoms with E-state index in [1.165, 1.54) is 0 Å². The number of carbonyl (C=O) groups is 1. The molecule has 4 nitrogen and oxygen atoms in total. The van der Waals surface area contributed by atoms with Crippen LogP contribution in [0.25, 0.3) is 0 Å². The van der Waals surface area contributed by atoms with E-state index in [1.54, 1.807) is 24.3 Å². The number of benzene rings is 1. The Bertz CT molecular complexity index is 604. The lowest BCUT2D eigenvalue weighted by Crippen LogP contribution is -2.18. The Kier molecular flexibility index (Phi) is 5.04. The molecule has 21 heavy (non-hydrogen) atoms. The van der Waals surface area contributed by atoms with E-state index in [0.29, 0.717) is 10.9 Å².